The molecule has 4 heteroatoms. The zero-order valence-electron chi connectivity index (χ0n) is 9.22. The van der Waals surface area contributed by atoms with E-state index in [1.807, 2.05) is 6.08 Å². The largest absolute Gasteiger partial charge is 0.355 e. The van der Waals surface area contributed by atoms with Crippen molar-refractivity contribution in [3.63, 3.8) is 0 Å². The topological polar surface area (TPSA) is 58.5 Å². The lowest BCUT2D eigenvalue weighted by Crippen LogP contribution is -2.05. The second-order valence-corrected chi connectivity index (χ2v) is 3.71. The molecule has 86 valence electrons. The molecule has 0 spiro atoms. The van der Waals surface area contributed by atoms with E-state index in [2.05, 4.69) is 22.6 Å². The van der Waals surface area contributed by atoms with Crippen molar-refractivity contribution in [1.82, 2.24) is 0 Å². The predicted molar refractivity (Wildman–Crippen MR) is 66.6 cm³/mol. The maximum Gasteiger partial charge on any atom is 0.318 e. The van der Waals surface area contributed by atoms with Gasteiger partial charge in [-0.3, -0.25) is 4.79 Å². The van der Waals surface area contributed by atoms with Crippen LogP contribution in [0.2, 0.25) is 0 Å². The van der Waals surface area contributed by atoms with Crippen LogP contribution in [0.1, 0.15) is 23.2 Å². The maximum atomic E-state index is 11.3. The number of nitrogens with one attached hydrogen (secondary N) is 1. The first-order chi connectivity index (χ1) is 8.31. The van der Waals surface area contributed by atoms with Crippen molar-refractivity contribution in [3.8, 4) is 0 Å². The molecule has 0 radical (unpaired) electrons. The van der Waals surface area contributed by atoms with Crippen molar-refractivity contribution in [2.24, 2.45) is 5.18 Å². The van der Waals surface area contributed by atoms with Crippen molar-refractivity contribution < 1.29 is 4.79 Å². The van der Waals surface area contributed by atoms with E-state index >= 15 is 0 Å². The third kappa shape index (κ3) is 2.66. The van der Waals surface area contributed by atoms with Gasteiger partial charge in [0.2, 0.25) is 0 Å². The van der Waals surface area contributed by atoms with Gasteiger partial charge in [0, 0.05) is 10.9 Å². The third-order valence-corrected chi connectivity index (χ3v) is 2.51. The molecular formula is C13H12N2O2. The fraction of sp³-hybridized carbons (Fsp3) is 0.154. The first-order valence-corrected chi connectivity index (χ1v) is 5.41. The van der Waals surface area contributed by atoms with Gasteiger partial charge in [0.1, 0.15) is 0 Å². The van der Waals surface area contributed by atoms with E-state index in [4.69, 9.17) is 0 Å². The number of anilines is 1. The summed E-state index contributed by atoms with van der Waals surface area (Å²) in [6.07, 6.45) is 8.07. The van der Waals surface area contributed by atoms with Gasteiger partial charge in [0.15, 0.2) is 0 Å². The highest BCUT2D eigenvalue weighted by Crippen LogP contribution is 2.20. The lowest BCUT2D eigenvalue weighted by Gasteiger charge is -2.12. The van der Waals surface area contributed by atoms with Gasteiger partial charge in [0.25, 0.3) is 0 Å². The number of para-hydroxylation sites is 1. The van der Waals surface area contributed by atoms with Crippen LogP contribution in [0.3, 0.4) is 0 Å². The van der Waals surface area contributed by atoms with Crippen molar-refractivity contribution in [1.29, 1.82) is 0 Å². The second-order valence-electron chi connectivity index (χ2n) is 3.71. The van der Waals surface area contributed by atoms with E-state index < -0.39 is 5.91 Å². The molecule has 1 amide bonds. The molecule has 4 nitrogen and oxygen atoms in total. The van der Waals surface area contributed by atoms with Crippen molar-refractivity contribution in [2.45, 2.75) is 12.8 Å². The average molecular weight is 228 g/mol. The van der Waals surface area contributed by atoms with Crippen LogP contribution >= 0.6 is 0 Å². The molecule has 2 rings (SSSR count). The summed E-state index contributed by atoms with van der Waals surface area (Å²) in [7, 11) is 0. The standard InChI is InChI=1S/C13H12N2O2/c16-13(15-17)11-8-4-5-9-12(11)14-10-6-2-1-3-7-10/h2,4-9,14H,1,3H2. The van der Waals surface area contributed by atoms with Gasteiger partial charge in [-0.25, -0.2) is 0 Å². The highest BCUT2D eigenvalue weighted by atomic mass is 16.3. The van der Waals surface area contributed by atoms with Gasteiger partial charge in [-0.2, -0.15) is 0 Å². The number of amides is 1. The lowest BCUT2D eigenvalue weighted by molar-refractivity contribution is 0.100. The lowest BCUT2D eigenvalue weighted by atomic mass is 10.1. The summed E-state index contributed by atoms with van der Waals surface area (Å²) < 4.78 is 0. The molecule has 0 aromatic heterocycles. The van der Waals surface area contributed by atoms with Crippen LogP contribution in [0.5, 0.6) is 0 Å². The molecule has 0 heterocycles. The van der Waals surface area contributed by atoms with Crippen LogP contribution in [0, 0.1) is 4.91 Å². The molecule has 1 N–H and O–H groups in total. The minimum Gasteiger partial charge on any atom is -0.355 e. The summed E-state index contributed by atoms with van der Waals surface area (Å²) in [4.78, 5) is 21.6. The number of nitroso groups, excluding NO2 is 1. The molecule has 0 aliphatic heterocycles. The summed E-state index contributed by atoms with van der Waals surface area (Å²) in [6, 6.07) is 6.84. The molecule has 0 saturated heterocycles. The number of allylic oxidation sites excluding steroid dienone is 3. The van der Waals surface area contributed by atoms with Gasteiger partial charge >= 0.3 is 5.91 Å². The molecule has 1 aliphatic carbocycles. The molecular weight excluding hydrogens is 216 g/mol. The molecule has 1 aliphatic rings. The molecule has 0 atom stereocenters. The van der Waals surface area contributed by atoms with E-state index in [0.29, 0.717) is 11.3 Å². The third-order valence-electron chi connectivity index (χ3n) is 2.51. The van der Waals surface area contributed by atoms with E-state index in [-0.39, 0.29) is 0 Å². The Morgan fingerprint density at radius 2 is 2.06 bits per heavy atom. The monoisotopic (exact) mass is 228 g/mol. The van der Waals surface area contributed by atoms with Gasteiger partial charge in [-0.15, -0.1) is 4.91 Å². The van der Waals surface area contributed by atoms with Gasteiger partial charge in [-0.05, 0) is 31.1 Å². The zero-order chi connectivity index (χ0) is 12.1. The fourth-order valence-electron chi connectivity index (χ4n) is 1.69. The van der Waals surface area contributed by atoms with Crippen LogP contribution in [-0.2, 0) is 0 Å². The number of benzene rings is 1. The Labute approximate surface area is 99.0 Å². The van der Waals surface area contributed by atoms with Gasteiger partial charge in [-0.1, -0.05) is 24.3 Å². The Bertz CT molecular complexity index is 504. The Morgan fingerprint density at radius 1 is 1.24 bits per heavy atom. The fourth-order valence-corrected chi connectivity index (χ4v) is 1.69. The molecule has 0 bridgehead atoms. The minimum absolute atomic E-state index is 0.294. The van der Waals surface area contributed by atoms with E-state index in [1.165, 1.54) is 0 Å². The average Bonchev–Trinajstić information content (AvgIpc) is 2.40. The van der Waals surface area contributed by atoms with Crippen LogP contribution in [0.25, 0.3) is 0 Å². The second kappa shape index (κ2) is 5.21. The van der Waals surface area contributed by atoms with Crippen LogP contribution in [-0.4, -0.2) is 5.91 Å². The van der Waals surface area contributed by atoms with Crippen molar-refractivity contribution in [2.75, 3.05) is 5.32 Å². The van der Waals surface area contributed by atoms with E-state index in [1.54, 1.807) is 24.3 Å². The smallest absolute Gasteiger partial charge is 0.318 e. The number of carbonyl (C=O) groups is 1. The number of nitrogens with zero attached hydrogens (tertiary/aromatic N) is 1. The Balaban J connectivity index is 2.26. The normalized spacial score (nSPS) is 14.0. The van der Waals surface area contributed by atoms with Gasteiger partial charge in [0.05, 0.1) is 11.3 Å². The number of hydrogen-bond acceptors (Lipinski definition) is 3. The summed E-state index contributed by atoms with van der Waals surface area (Å²) in [5.41, 5.74) is 1.83. The Kier molecular flexibility index (Phi) is 3.45. The molecule has 0 saturated carbocycles. The zero-order valence-corrected chi connectivity index (χ0v) is 9.22. The molecule has 0 fully saturated rings. The molecule has 1 aromatic rings. The van der Waals surface area contributed by atoms with Crippen LogP contribution in [0.15, 0.2) is 53.4 Å². The Morgan fingerprint density at radius 3 is 2.76 bits per heavy atom. The summed E-state index contributed by atoms with van der Waals surface area (Å²) in [5.74, 6) is -0.756. The first-order valence-electron chi connectivity index (χ1n) is 5.41. The molecule has 0 unspecified atom stereocenters. The molecule has 17 heavy (non-hydrogen) atoms. The number of rotatable bonds is 3. The summed E-state index contributed by atoms with van der Waals surface area (Å²) in [6.45, 7) is 0. The summed E-state index contributed by atoms with van der Waals surface area (Å²) >= 11 is 0. The highest BCUT2D eigenvalue weighted by molar-refractivity contribution is 6.00. The molecule has 1 aromatic carbocycles. The van der Waals surface area contributed by atoms with Gasteiger partial charge < -0.3 is 5.32 Å². The maximum absolute atomic E-state index is 11.3. The number of hydrogen-bond donors (Lipinski definition) is 1. The van der Waals surface area contributed by atoms with E-state index in [9.17, 15) is 9.70 Å². The number of carbonyl (C=O) groups excluding carboxylic acids is 1. The first kappa shape index (κ1) is 11.3. The van der Waals surface area contributed by atoms with Crippen LogP contribution in [0.4, 0.5) is 5.69 Å². The Hall–Kier alpha value is -2.23. The van der Waals surface area contributed by atoms with E-state index in [0.717, 1.165) is 18.5 Å². The highest BCUT2D eigenvalue weighted by Gasteiger charge is 2.11. The summed E-state index contributed by atoms with van der Waals surface area (Å²) in [5, 5.41) is 5.57. The van der Waals surface area contributed by atoms with Crippen LogP contribution < -0.4 is 5.32 Å². The quantitative estimate of drug-likeness (QED) is 0.808. The van der Waals surface area contributed by atoms with Crippen molar-refractivity contribution >= 4 is 11.6 Å². The van der Waals surface area contributed by atoms with Crippen molar-refractivity contribution in [3.05, 3.63) is 58.7 Å². The SMILES string of the molecule is O=NC(=O)c1ccccc1NC1=CCCC=C1. The minimum atomic E-state index is -0.756. The predicted octanol–water partition coefficient (Wildman–Crippen LogP) is 3.24.